The van der Waals surface area contributed by atoms with Crippen molar-refractivity contribution in [1.29, 1.82) is 0 Å². The van der Waals surface area contributed by atoms with E-state index in [0.717, 1.165) is 17.8 Å². The quantitative estimate of drug-likeness (QED) is 0.770. The average Bonchev–Trinajstić information content (AvgIpc) is 2.99. The summed E-state index contributed by atoms with van der Waals surface area (Å²) in [6.07, 6.45) is 0. The Bertz CT molecular complexity index is 714. The van der Waals surface area contributed by atoms with Crippen molar-refractivity contribution < 1.29 is 0 Å². The number of nitrogens with one attached hydrogen (secondary N) is 2. The van der Waals surface area contributed by atoms with Crippen LogP contribution in [0.15, 0.2) is 42.5 Å². The average molecular weight is 279 g/mol. The molecular formula is C16H17N5. The number of aryl methyl sites for hydroxylation is 2. The lowest BCUT2D eigenvalue weighted by atomic mass is 10.1. The molecule has 0 amide bonds. The Morgan fingerprint density at radius 3 is 2.57 bits per heavy atom. The summed E-state index contributed by atoms with van der Waals surface area (Å²) < 4.78 is 0. The molecule has 5 heteroatoms. The van der Waals surface area contributed by atoms with E-state index in [9.17, 15) is 0 Å². The maximum absolute atomic E-state index is 3.99. The predicted molar refractivity (Wildman–Crippen MR) is 82.9 cm³/mol. The van der Waals surface area contributed by atoms with Crippen LogP contribution in [-0.2, 0) is 6.54 Å². The highest BCUT2D eigenvalue weighted by Crippen LogP contribution is 2.19. The van der Waals surface area contributed by atoms with E-state index < -0.39 is 0 Å². The lowest BCUT2D eigenvalue weighted by molar-refractivity contribution is 0.881. The number of aromatic nitrogens is 4. The van der Waals surface area contributed by atoms with E-state index in [4.69, 9.17) is 0 Å². The van der Waals surface area contributed by atoms with Crippen LogP contribution >= 0.6 is 0 Å². The van der Waals surface area contributed by atoms with Crippen LogP contribution in [0.1, 0.15) is 16.7 Å². The van der Waals surface area contributed by atoms with Crippen molar-refractivity contribution in [2.45, 2.75) is 20.4 Å². The van der Waals surface area contributed by atoms with Gasteiger partial charge in [-0.25, -0.2) is 0 Å². The van der Waals surface area contributed by atoms with E-state index in [1.807, 2.05) is 24.3 Å². The van der Waals surface area contributed by atoms with Crippen molar-refractivity contribution in [3.05, 3.63) is 59.2 Å². The number of hydrogen-bond donors (Lipinski definition) is 2. The minimum absolute atomic E-state index is 0.602. The van der Waals surface area contributed by atoms with Crippen molar-refractivity contribution in [2.24, 2.45) is 0 Å². The molecule has 3 aromatic rings. The molecule has 21 heavy (non-hydrogen) atoms. The van der Waals surface area contributed by atoms with Crippen LogP contribution in [0.5, 0.6) is 0 Å². The van der Waals surface area contributed by atoms with Gasteiger partial charge in [0.2, 0.25) is 5.82 Å². The van der Waals surface area contributed by atoms with Crippen molar-refractivity contribution >= 4 is 5.69 Å². The Morgan fingerprint density at radius 2 is 1.86 bits per heavy atom. The molecule has 0 radical (unpaired) electrons. The summed E-state index contributed by atoms with van der Waals surface area (Å²) >= 11 is 0. The summed E-state index contributed by atoms with van der Waals surface area (Å²) in [6.45, 7) is 5.03. The molecule has 3 rings (SSSR count). The molecule has 0 saturated carbocycles. The third-order valence-corrected chi connectivity index (χ3v) is 3.24. The van der Waals surface area contributed by atoms with Crippen LogP contribution in [0.4, 0.5) is 5.69 Å². The first-order valence-corrected chi connectivity index (χ1v) is 6.85. The number of nitrogens with zero attached hydrogens (tertiary/aromatic N) is 3. The molecule has 0 aliphatic carbocycles. The fourth-order valence-corrected chi connectivity index (χ4v) is 2.43. The first-order valence-electron chi connectivity index (χ1n) is 6.85. The van der Waals surface area contributed by atoms with Crippen LogP contribution in [0.25, 0.3) is 11.4 Å². The topological polar surface area (TPSA) is 66.5 Å². The summed E-state index contributed by atoms with van der Waals surface area (Å²) in [5, 5.41) is 17.5. The fraction of sp³-hybridized carbons (Fsp3) is 0.188. The van der Waals surface area contributed by atoms with Gasteiger partial charge in [0.05, 0.1) is 0 Å². The third kappa shape index (κ3) is 3.25. The molecular weight excluding hydrogens is 262 g/mol. The van der Waals surface area contributed by atoms with Gasteiger partial charge in [-0.15, -0.1) is 10.2 Å². The zero-order valence-corrected chi connectivity index (χ0v) is 12.1. The van der Waals surface area contributed by atoms with Crippen LogP contribution in [0.3, 0.4) is 0 Å². The Hall–Kier alpha value is -2.69. The molecule has 0 atom stereocenters. The highest BCUT2D eigenvalue weighted by atomic mass is 15.5. The van der Waals surface area contributed by atoms with Gasteiger partial charge in [0.15, 0.2) is 0 Å². The molecule has 0 fully saturated rings. The molecule has 5 nitrogen and oxygen atoms in total. The molecule has 0 unspecified atom stereocenters. The molecule has 106 valence electrons. The van der Waals surface area contributed by atoms with Crippen LogP contribution in [0.2, 0.25) is 0 Å². The van der Waals surface area contributed by atoms with Crippen molar-refractivity contribution in [3.8, 4) is 11.4 Å². The zero-order chi connectivity index (χ0) is 14.7. The minimum atomic E-state index is 0.602. The Labute approximate surface area is 123 Å². The van der Waals surface area contributed by atoms with E-state index in [2.05, 4.69) is 58.0 Å². The summed E-state index contributed by atoms with van der Waals surface area (Å²) in [7, 11) is 0. The Morgan fingerprint density at radius 1 is 1.05 bits per heavy atom. The second-order valence-corrected chi connectivity index (χ2v) is 5.17. The van der Waals surface area contributed by atoms with Gasteiger partial charge in [-0.3, -0.25) is 0 Å². The van der Waals surface area contributed by atoms with E-state index in [1.54, 1.807) is 0 Å². The number of rotatable bonds is 4. The second-order valence-electron chi connectivity index (χ2n) is 5.17. The number of anilines is 1. The highest BCUT2D eigenvalue weighted by Gasteiger charge is 2.03. The summed E-state index contributed by atoms with van der Waals surface area (Å²) in [5.74, 6) is 0.602. The lowest BCUT2D eigenvalue weighted by Gasteiger charge is -2.09. The molecule has 0 bridgehead atoms. The van der Waals surface area contributed by atoms with E-state index in [0.29, 0.717) is 5.82 Å². The summed E-state index contributed by atoms with van der Waals surface area (Å²) in [5.41, 5.74) is 5.82. The lowest BCUT2D eigenvalue weighted by Crippen LogP contribution is -2.00. The number of tetrazole rings is 1. The Balaban J connectivity index is 1.75. The fourth-order valence-electron chi connectivity index (χ4n) is 2.43. The summed E-state index contributed by atoms with van der Waals surface area (Å²) in [6, 6.07) is 14.6. The maximum Gasteiger partial charge on any atom is 0.204 e. The van der Waals surface area contributed by atoms with Crippen molar-refractivity contribution in [3.63, 3.8) is 0 Å². The van der Waals surface area contributed by atoms with Gasteiger partial charge >= 0.3 is 0 Å². The number of aromatic amines is 1. The van der Waals surface area contributed by atoms with Gasteiger partial charge in [0.1, 0.15) is 0 Å². The zero-order valence-electron chi connectivity index (χ0n) is 12.1. The Kier molecular flexibility index (Phi) is 3.64. The molecule has 0 aliphatic rings. The number of benzene rings is 2. The molecule has 1 heterocycles. The van der Waals surface area contributed by atoms with Crippen molar-refractivity contribution in [1.82, 2.24) is 20.6 Å². The smallest absolute Gasteiger partial charge is 0.204 e. The monoisotopic (exact) mass is 279 g/mol. The molecule has 0 aliphatic heterocycles. The van der Waals surface area contributed by atoms with Crippen LogP contribution in [-0.4, -0.2) is 20.6 Å². The van der Waals surface area contributed by atoms with Gasteiger partial charge in [0.25, 0.3) is 0 Å². The van der Waals surface area contributed by atoms with Gasteiger partial charge in [0, 0.05) is 17.8 Å². The largest absolute Gasteiger partial charge is 0.381 e. The third-order valence-electron chi connectivity index (χ3n) is 3.24. The second kappa shape index (κ2) is 5.75. The first-order chi connectivity index (χ1) is 10.2. The molecule has 2 N–H and O–H groups in total. The normalized spacial score (nSPS) is 10.6. The molecule has 1 aromatic heterocycles. The van der Waals surface area contributed by atoms with Gasteiger partial charge in [-0.05, 0) is 36.8 Å². The highest BCUT2D eigenvalue weighted by molar-refractivity contribution is 5.61. The SMILES string of the molecule is Cc1cc(C)cc(CNc2cccc(-c3nn[nH]n3)c2)c1. The standard InChI is InChI=1S/C16H17N5/c1-11-6-12(2)8-13(7-11)10-17-15-5-3-4-14(9-15)16-18-20-21-19-16/h3-9,17H,10H2,1-2H3,(H,18,19,20,21). The van der Waals surface area contributed by atoms with Crippen LogP contribution in [0, 0.1) is 13.8 Å². The minimum Gasteiger partial charge on any atom is -0.381 e. The maximum atomic E-state index is 3.99. The van der Waals surface area contributed by atoms with E-state index in [-0.39, 0.29) is 0 Å². The van der Waals surface area contributed by atoms with Gasteiger partial charge < -0.3 is 5.32 Å². The van der Waals surface area contributed by atoms with Crippen molar-refractivity contribution in [2.75, 3.05) is 5.32 Å². The molecule has 0 spiro atoms. The van der Waals surface area contributed by atoms with E-state index >= 15 is 0 Å². The molecule has 2 aromatic carbocycles. The number of hydrogen-bond acceptors (Lipinski definition) is 4. The van der Waals surface area contributed by atoms with E-state index in [1.165, 1.54) is 16.7 Å². The number of H-pyrrole nitrogens is 1. The molecule has 0 saturated heterocycles. The van der Waals surface area contributed by atoms with Crippen LogP contribution < -0.4 is 5.32 Å². The van der Waals surface area contributed by atoms with Gasteiger partial charge in [-0.2, -0.15) is 5.21 Å². The van der Waals surface area contributed by atoms with Gasteiger partial charge in [-0.1, -0.05) is 41.5 Å². The summed E-state index contributed by atoms with van der Waals surface area (Å²) in [4.78, 5) is 0. The predicted octanol–water partition coefficient (Wildman–Crippen LogP) is 3.10. The first kappa shape index (κ1) is 13.3.